The quantitative estimate of drug-likeness (QED) is 0.813. The van der Waals surface area contributed by atoms with E-state index in [1.807, 2.05) is 25.1 Å². The minimum absolute atomic E-state index is 0.105. The third kappa shape index (κ3) is 5.73. The van der Waals surface area contributed by atoms with E-state index in [4.69, 9.17) is 9.47 Å². The molecule has 20 heavy (non-hydrogen) atoms. The van der Waals surface area contributed by atoms with Gasteiger partial charge in [0.1, 0.15) is 6.10 Å². The standard InChI is InChI=1S/C15H21NO4/c1-4-19-15(18)20-12(3)10-11(2)16-14(17)13-8-6-5-7-9-13/h5-9,11-12H,4,10H2,1-3H3,(H,16,17). The lowest BCUT2D eigenvalue weighted by Crippen LogP contribution is -2.35. The van der Waals surface area contributed by atoms with E-state index in [0.717, 1.165) is 0 Å². The molecular formula is C15H21NO4. The van der Waals surface area contributed by atoms with Gasteiger partial charge < -0.3 is 14.8 Å². The van der Waals surface area contributed by atoms with Crippen LogP contribution in [-0.4, -0.2) is 30.8 Å². The van der Waals surface area contributed by atoms with E-state index in [0.29, 0.717) is 12.0 Å². The summed E-state index contributed by atoms with van der Waals surface area (Å²) >= 11 is 0. The second-order valence-electron chi connectivity index (χ2n) is 4.59. The molecule has 0 aliphatic heterocycles. The highest BCUT2D eigenvalue weighted by atomic mass is 16.7. The topological polar surface area (TPSA) is 64.6 Å². The number of amides is 1. The molecule has 1 aromatic carbocycles. The zero-order valence-electron chi connectivity index (χ0n) is 12.1. The fourth-order valence-electron chi connectivity index (χ4n) is 1.82. The summed E-state index contributed by atoms with van der Waals surface area (Å²) in [5, 5.41) is 2.86. The lowest BCUT2D eigenvalue weighted by Gasteiger charge is -2.18. The van der Waals surface area contributed by atoms with Gasteiger partial charge in [0.25, 0.3) is 5.91 Å². The average molecular weight is 279 g/mol. The normalized spacial score (nSPS) is 13.2. The third-order valence-corrected chi connectivity index (χ3v) is 2.66. The minimum Gasteiger partial charge on any atom is -0.435 e. The van der Waals surface area contributed by atoms with Gasteiger partial charge in [-0.2, -0.15) is 0 Å². The highest BCUT2D eigenvalue weighted by molar-refractivity contribution is 5.94. The van der Waals surface area contributed by atoms with Crippen molar-refractivity contribution in [3.05, 3.63) is 35.9 Å². The molecule has 0 heterocycles. The number of nitrogens with one attached hydrogen (secondary N) is 1. The summed E-state index contributed by atoms with van der Waals surface area (Å²) in [7, 11) is 0. The summed E-state index contributed by atoms with van der Waals surface area (Å²) in [6, 6.07) is 8.88. The number of carbonyl (C=O) groups excluding carboxylic acids is 2. The van der Waals surface area contributed by atoms with Crippen LogP contribution in [0.4, 0.5) is 4.79 Å². The van der Waals surface area contributed by atoms with E-state index in [-0.39, 0.29) is 24.7 Å². The molecule has 1 N–H and O–H groups in total. The molecule has 2 atom stereocenters. The summed E-state index contributed by atoms with van der Waals surface area (Å²) in [5.41, 5.74) is 0.610. The molecule has 0 saturated carbocycles. The second kappa shape index (κ2) is 8.19. The molecule has 0 saturated heterocycles. The maximum atomic E-state index is 11.9. The molecule has 5 nitrogen and oxygen atoms in total. The summed E-state index contributed by atoms with van der Waals surface area (Å²) in [6.07, 6.45) is -0.473. The van der Waals surface area contributed by atoms with Crippen LogP contribution in [0.1, 0.15) is 37.6 Å². The zero-order chi connectivity index (χ0) is 15.0. The van der Waals surface area contributed by atoms with Gasteiger partial charge in [0.2, 0.25) is 0 Å². The fourth-order valence-corrected chi connectivity index (χ4v) is 1.82. The van der Waals surface area contributed by atoms with Crippen molar-refractivity contribution in [1.29, 1.82) is 0 Å². The Bertz CT molecular complexity index is 433. The second-order valence-corrected chi connectivity index (χ2v) is 4.59. The minimum atomic E-state index is -0.679. The van der Waals surface area contributed by atoms with Gasteiger partial charge in [0, 0.05) is 18.0 Å². The Labute approximate surface area is 119 Å². The van der Waals surface area contributed by atoms with Gasteiger partial charge >= 0.3 is 6.16 Å². The first-order valence-corrected chi connectivity index (χ1v) is 6.72. The summed E-state index contributed by atoms with van der Waals surface area (Å²) < 4.78 is 9.73. The molecule has 0 radical (unpaired) electrons. The predicted octanol–water partition coefficient (Wildman–Crippen LogP) is 2.76. The van der Waals surface area contributed by atoms with Crippen molar-refractivity contribution in [2.75, 3.05) is 6.61 Å². The third-order valence-electron chi connectivity index (χ3n) is 2.66. The van der Waals surface area contributed by atoms with Crippen LogP contribution >= 0.6 is 0 Å². The molecule has 0 bridgehead atoms. The van der Waals surface area contributed by atoms with E-state index < -0.39 is 6.16 Å². The van der Waals surface area contributed by atoms with Crippen molar-refractivity contribution < 1.29 is 19.1 Å². The van der Waals surface area contributed by atoms with E-state index in [1.54, 1.807) is 26.0 Å². The van der Waals surface area contributed by atoms with E-state index >= 15 is 0 Å². The van der Waals surface area contributed by atoms with E-state index in [1.165, 1.54) is 0 Å². The molecule has 1 amide bonds. The largest absolute Gasteiger partial charge is 0.508 e. The lowest BCUT2D eigenvalue weighted by atomic mass is 10.1. The average Bonchev–Trinajstić information content (AvgIpc) is 2.39. The molecule has 110 valence electrons. The number of hydrogen-bond donors (Lipinski definition) is 1. The molecular weight excluding hydrogens is 258 g/mol. The van der Waals surface area contributed by atoms with Crippen LogP contribution in [0.5, 0.6) is 0 Å². The molecule has 0 fully saturated rings. The van der Waals surface area contributed by atoms with Gasteiger partial charge in [-0.25, -0.2) is 4.79 Å². The SMILES string of the molecule is CCOC(=O)OC(C)CC(C)NC(=O)c1ccccc1. The molecule has 2 unspecified atom stereocenters. The van der Waals surface area contributed by atoms with Crippen molar-refractivity contribution in [1.82, 2.24) is 5.32 Å². The number of hydrogen-bond acceptors (Lipinski definition) is 4. The number of rotatable bonds is 6. The van der Waals surface area contributed by atoms with Gasteiger partial charge in [-0.3, -0.25) is 4.79 Å². The lowest BCUT2D eigenvalue weighted by molar-refractivity contribution is 0.0272. The summed E-state index contributed by atoms with van der Waals surface area (Å²) in [4.78, 5) is 23.1. The molecule has 0 aliphatic rings. The maximum absolute atomic E-state index is 11.9. The van der Waals surface area contributed by atoms with Crippen molar-refractivity contribution in [2.24, 2.45) is 0 Å². The van der Waals surface area contributed by atoms with Gasteiger partial charge in [-0.05, 0) is 32.9 Å². The Morgan fingerprint density at radius 3 is 2.45 bits per heavy atom. The number of benzene rings is 1. The predicted molar refractivity (Wildman–Crippen MR) is 75.6 cm³/mol. The molecule has 5 heteroatoms. The Morgan fingerprint density at radius 1 is 1.20 bits per heavy atom. The van der Waals surface area contributed by atoms with E-state index in [2.05, 4.69) is 5.32 Å². The summed E-state index contributed by atoms with van der Waals surface area (Å²) in [6.45, 7) is 5.63. The van der Waals surface area contributed by atoms with Crippen LogP contribution in [0, 0.1) is 0 Å². The first kappa shape index (κ1) is 16.0. The number of carbonyl (C=O) groups is 2. The smallest absolute Gasteiger partial charge is 0.435 e. The van der Waals surface area contributed by atoms with Crippen LogP contribution < -0.4 is 5.32 Å². The molecule has 1 aromatic rings. The number of ether oxygens (including phenoxy) is 2. The van der Waals surface area contributed by atoms with E-state index in [9.17, 15) is 9.59 Å². The van der Waals surface area contributed by atoms with Gasteiger partial charge in [0.05, 0.1) is 6.61 Å². The molecule has 0 spiro atoms. The highest BCUT2D eigenvalue weighted by Crippen LogP contribution is 2.05. The van der Waals surface area contributed by atoms with Crippen LogP contribution in [0.3, 0.4) is 0 Å². The first-order chi connectivity index (χ1) is 9.52. The Hall–Kier alpha value is -2.04. The maximum Gasteiger partial charge on any atom is 0.508 e. The fraction of sp³-hybridized carbons (Fsp3) is 0.467. The molecule has 0 aromatic heterocycles. The van der Waals surface area contributed by atoms with Crippen LogP contribution in [0.2, 0.25) is 0 Å². The van der Waals surface area contributed by atoms with Crippen molar-refractivity contribution in [3.63, 3.8) is 0 Å². The Morgan fingerprint density at radius 2 is 1.85 bits per heavy atom. The zero-order valence-corrected chi connectivity index (χ0v) is 12.1. The Kier molecular flexibility index (Phi) is 6.56. The van der Waals surface area contributed by atoms with Crippen molar-refractivity contribution in [3.8, 4) is 0 Å². The van der Waals surface area contributed by atoms with Gasteiger partial charge in [-0.1, -0.05) is 18.2 Å². The monoisotopic (exact) mass is 279 g/mol. The van der Waals surface area contributed by atoms with Crippen LogP contribution in [0.25, 0.3) is 0 Å². The van der Waals surface area contributed by atoms with Gasteiger partial charge in [-0.15, -0.1) is 0 Å². The molecule has 1 rings (SSSR count). The summed E-state index contributed by atoms with van der Waals surface area (Å²) in [5.74, 6) is -0.138. The van der Waals surface area contributed by atoms with Gasteiger partial charge in [0.15, 0.2) is 0 Å². The Balaban J connectivity index is 2.38. The van der Waals surface area contributed by atoms with Crippen LogP contribution in [-0.2, 0) is 9.47 Å². The van der Waals surface area contributed by atoms with Crippen LogP contribution in [0.15, 0.2) is 30.3 Å². The molecule has 0 aliphatic carbocycles. The van der Waals surface area contributed by atoms with Crippen molar-refractivity contribution in [2.45, 2.75) is 39.3 Å². The highest BCUT2D eigenvalue weighted by Gasteiger charge is 2.16. The van der Waals surface area contributed by atoms with Crippen molar-refractivity contribution >= 4 is 12.1 Å². The first-order valence-electron chi connectivity index (χ1n) is 6.72.